The number of amides is 2. The van der Waals surface area contributed by atoms with Gasteiger partial charge in [0.2, 0.25) is 0 Å². The molecule has 42 heavy (non-hydrogen) atoms. The molecule has 2 heterocycles. The van der Waals surface area contributed by atoms with Crippen molar-refractivity contribution in [1.82, 2.24) is 25.6 Å². The number of hydrogen-bond donors (Lipinski definition) is 3. The number of benzene rings is 2. The van der Waals surface area contributed by atoms with Gasteiger partial charge >= 0.3 is 0 Å². The van der Waals surface area contributed by atoms with Gasteiger partial charge in [-0.15, -0.1) is 5.10 Å². The Labute approximate surface area is 249 Å². The molecule has 1 fully saturated rings. The fraction of sp³-hybridized carbons (Fsp3) is 0.529. The largest absolute Gasteiger partial charge is 0.345 e. The summed E-state index contributed by atoms with van der Waals surface area (Å²) >= 11 is 0. The first kappa shape index (κ1) is 29.8. The van der Waals surface area contributed by atoms with Crippen LogP contribution in [-0.2, 0) is 11.3 Å². The van der Waals surface area contributed by atoms with Crippen LogP contribution in [0.2, 0.25) is 0 Å². The summed E-state index contributed by atoms with van der Waals surface area (Å²) in [5, 5.41) is 12.3. The number of aromatic nitrogens is 3. The maximum Gasteiger partial charge on any atom is 0.275 e. The zero-order valence-corrected chi connectivity index (χ0v) is 26.0. The van der Waals surface area contributed by atoms with Crippen LogP contribution in [0.5, 0.6) is 0 Å². The van der Waals surface area contributed by atoms with E-state index in [4.69, 9.17) is 4.99 Å². The van der Waals surface area contributed by atoms with Crippen LogP contribution in [0.25, 0.3) is 0 Å². The van der Waals surface area contributed by atoms with Crippen molar-refractivity contribution in [1.29, 1.82) is 0 Å². The molecule has 8 nitrogen and oxygen atoms in total. The molecule has 3 N–H and O–H groups in total. The summed E-state index contributed by atoms with van der Waals surface area (Å²) in [7, 11) is 0. The maximum atomic E-state index is 14.5. The van der Waals surface area contributed by atoms with Crippen LogP contribution >= 0.6 is 0 Å². The minimum atomic E-state index is -0.562. The van der Waals surface area contributed by atoms with Gasteiger partial charge in [0.25, 0.3) is 11.8 Å². The van der Waals surface area contributed by atoms with E-state index < -0.39 is 5.66 Å². The topological polar surface area (TPSA) is 106 Å². The molecule has 1 spiro atoms. The highest BCUT2D eigenvalue weighted by atomic mass is 16.2. The molecule has 2 aliphatic rings. The molecule has 1 saturated carbocycles. The molecule has 2 aromatic carbocycles. The van der Waals surface area contributed by atoms with Crippen molar-refractivity contribution in [3.63, 3.8) is 0 Å². The summed E-state index contributed by atoms with van der Waals surface area (Å²) in [5.74, 6) is 1.14. The van der Waals surface area contributed by atoms with Gasteiger partial charge in [-0.1, -0.05) is 84.0 Å². The number of carbonyl (C=O) groups excluding carboxylic acids is 2. The number of nitrogens with one attached hydrogen (secondary N) is 3. The Hall–Kier alpha value is -3.68. The lowest BCUT2D eigenvalue weighted by molar-refractivity contribution is -0.134. The van der Waals surface area contributed by atoms with E-state index in [1.165, 1.54) is 0 Å². The van der Waals surface area contributed by atoms with Gasteiger partial charge in [0.1, 0.15) is 11.4 Å². The molecule has 0 radical (unpaired) electrons. The average molecular weight is 571 g/mol. The quantitative estimate of drug-likeness (QED) is 0.277. The van der Waals surface area contributed by atoms with Crippen LogP contribution in [0.3, 0.4) is 0 Å². The van der Waals surface area contributed by atoms with Crippen molar-refractivity contribution >= 4 is 17.5 Å². The summed E-state index contributed by atoms with van der Waals surface area (Å²) in [6.07, 6.45) is 5.57. The third-order valence-corrected chi connectivity index (χ3v) is 9.09. The molecule has 8 heteroatoms. The van der Waals surface area contributed by atoms with E-state index in [9.17, 15) is 9.59 Å². The zero-order chi connectivity index (χ0) is 30.1. The molecule has 0 bridgehead atoms. The number of rotatable bonds is 8. The highest BCUT2D eigenvalue weighted by molar-refractivity contribution is 6.46. The lowest BCUT2D eigenvalue weighted by atomic mass is 9.69. The van der Waals surface area contributed by atoms with E-state index in [1.807, 2.05) is 54.6 Å². The molecule has 1 aromatic heterocycles. The van der Waals surface area contributed by atoms with Crippen LogP contribution in [0.4, 0.5) is 0 Å². The molecule has 1 atom stereocenters. The summed E-state index contributed by atoms with van der Waals surface area (Å²) in [5.41, 5.74) is 2.84. The first-order valence-corrected chi connectivity index (χ1v) is 15.3. The van der Waals surface area contributed by atoms with E-state index in [1.54, 1.807) is 0 Å². The zero-order valence-electron chi connectivity index (χ0n) is 26.0. The van der Waals surface area contributed by atoms with Crippen LogP contribution < -0.4 is 5.32 Å². The summed E-state index contributed by atoms with van der Waals surface area (Å²) in [4.78, 5) is 34.7. The highest BCUT2D eigenvalue weighted by Crippen LogP contribution is 2.50. The minimum absolute atomic E-state index is 0.0125. The normalized spacial score (nSPS) is 22.0. The SMILES string of the molecule is CC(C)(C)CC[C@H](c1ccc(C(=O)NCc2n[nH][nH]2)cc1)N1C(=O)C(c2ccccc2)=NC12CCC(C(C)(C)C)CC2. The summed E-state index contributed by atoms with van der Waals surface area (Å²) in [6, 6.07) is 17.5. The fourth-order valence-corrected chi connectivity index (χ4v) is 6.48. The number of hydrogen-bond acceptors (Lipinski definition) is 4. The van der Waals surface area contributed by atoms with Gasteiger partial charge in [-0.05, 0) is 73.0 Å². The van der Waals surface area contributed by atoms with Gasteiger partial charge in [-0.2, -0.15) is 0 Å². The Morgan fingerprint density at radius 1 is 1.02 bits per heavy atom. The van der Waals surface area contributed by atoms with Crippen molar-refractivity contribution in [3.8, 4) is 0 Å². The smallest absolute Gasteiger partial charge is 0.275 e. The van der Waals surface area contributed by atoms with Crippen molar-refractivity contribution in [2.45, 2.75) is 98.3 Å². The predicted molar refractivity (Wildman–Crippen MR) is 166 cm³/mol. The third kappa shape index (κ3) is 6.37. The fourth-order valence-electron chi connectivity index (χ4n) is 6.48. The van der Waals surface area contributed by atoms with Gasteiger partial charge in [-0.25, -0.2) is 5.21 Å². The standard InChI is InChI=1S/C34H46N6O2/c1-32(2,3)19-18-27(23-12-14-25(15-13-23)30(41)35-22-28-37-39-38-28)40-31(42)29(24-10-8-7-9-11-24)36-34(40)20-16-26(17-21-34)33(4,5)6/h7-15,26-27,39H,16-22H2,1-6H3,(H,35,41)(H,37,38)/t26?,27-,34?/m1/s1. The molecular weight excluding hydrogens is 524 g/mol. The van der Waals surface area contributed by atoms with Gasteiger partial charge in [0.15, 0.2) is 5.82 Å². The number of aliphatic imine (C=N–C) groups is 1. The van der Waals surface area contributed by atoms with Crippen LogP contribution in [-0.4, -0.2) is 43.5 Å². The molecular formula is C34H46N6O2. The second-order valence-corrected chi connectivity index (χ2v) is 14.3. The Morgan fingerprint density at radius 2 is 1.67 bits per heavy atom. The van der Waals surface area contributed by atoms with Gasteiger partial charge in [0.05, 0.1) is 12.6 Å². The average Bonchev–Trinajstić information content (AvgIpc) is 3.19. The molecule has 5 rings (SSSR count). The molecule has 3 aromatic rings. The maximum absolute atomic E-state index is 14.5. The molecule has 1 aliphatic carbocycles. The number of H-pyrrole nitrogens is 2. The van der Waals surface area contributed by atoms with Crippen LogP contribution in [0.15, 0.2) is 59.6 Å². The highest BCUT2D eigenvalue weighted by Gasteiger charge is 2.52. The van der Waals surface area contributed by atoms with Gasteiger partial charge in [0, 0.05) is 11.1 Å². The second-order valence-electron chi connectivity index (χ2n) is 14.3. The first-order valence-electron chi connectivity index (χ1n) is 15.3. The lowest BCUT2D eigenvalue weighted by Crippen LogP contribution is -2.51. The van der Waals surface area contributed by atoms with Crippen LogP contribution in [0, 0.1) is 16.7 Å². The Morgan fingerprint density at radius 3 is 2.21 bits per heavy atom. The lowest BCUT2D eigenvalue weighted by Gasteiger charge is -2.47. The summed E-state index contributed by atoms with van der Waals surface area (Å²) < 4.78 is 0. The van der Waals surface area contributed by atoms with Crippen molar-refractivity contribution in [3.05, 3.63) is 77.1 Å². The Kier molecular flexibility index (Phi) is 8.19. The van der Waals surface area contributed by atoms with Crippen molar-refractivity contribution < 1.29 is 9.59 Å². The van der Waals surface area contributed by atoms with E-state index in [0.717, 1.165) is 49.7 Å². The third-order valence-electron chi connectivity index (χ3n) is 9.09. The van der Waals surface area contributed by atoms with E-state index >= 15 is 0 Å². The molecule has 0 unspecified atom stereocenters. The predicted octanol–water partition coefficient (Wildman–Crippen LogP) is 6.80. The second kappa shape index (κ2) is 11.5. The molecule has 1 aliphatic heterocycles. The van der Waals surface area contributed by atoms with E-state index in [0.29, 0.717) is 29.6 Å². The number of nitrogens with zero attached hydrogens (tertiary/aromatic N) is 3. The Balaban J connectivity index is 1.49. The number of aromatic amines is 2. The van der Waals surface area contributed by atoms with E-state index in [-0.39, 0.29) is 28.7 Å². The molecule has 224 valence electrons. The van der Waals surface area contributed by atoms with Gasteiger partial charge < -0.3 is 10.2 Å². The monoisotopic (exact) mass is 570 g/mol. The summed E-state index contributed by atoms with van der Waals surface area (Å²) in [6.45, 7) is 14.0. The minimum Gasteiger partial charge on any atom is -0.345 e. The first-order chi connectivity index (χ1) is 19.9. The molecule has 2 amide bonds. The molecule has 0 saturated heterocycles. The number of carbonyl (C=O) groups is 2. The van der Waals surface area contributed by atoms with E-state index in [2.05, 4.69) is 67.2 Å². The van der Waals surface area contributed by atoms with Crippen molar-refractivity contribution in [2.75, 3.05) is 0 Å². The van der Waals surface area contributed by atoms with Crippen LogP contribution in [0.1, 0.15) is 113 Å². The van der Waals surface area contributed by atoms with Gasteiger partial charge in [-0.3, -0.25) is 19.7 Å². The Bertz CT molecular complexity index is 1390. The van der Waals surface area contributed by atoms with Crippen molar-refractivity contribution in [2.24, 2.45) is 21.7 Å².